The summed E-state index contributed by atoms with van der Waals surface area (Å²) in [5.74, 6) is 1.11. The molecule has 1 amide bonds. The maximum atomic E-state index is 11.8. The number of anilines is 1. The smallest absolute Gasteiger partial charge is 0.227 e. The van der Waals surface area contributed by atoms with Gasteiger partial charge in [-0.15, -0.1) is 0 Å². The Bertz CT molecular complexity index is 576. The summed E-state index contributed by atoms with van der Waals surface area (Å²) in [6.07, 6.45) is 8.09. The summed E-state index contributed by atoms with van der Waals surface area (Å²) in [4.78, 5) is 18.0. The predicted molar refractivity (Wildman–Crippen MR) is 98.2 cm³/mol. The SMILES string of the molecule is CN=C(NCc1ccc(N2CCCC2=O)cc1)NC1CCCCC1. The van der Waals surface area contributed by atoms with Crippen LogP contribution in [0, 0.1) is 0 Å². The van der Waals surface area contributed by atoms with Crippen molar-refractivity contribution in [2.45, 2.75) is 57.5 Å². The Kier molecular flexibility index (Phi) is 5.72. The molecular formula is C19H28N4O. The van der Waals surface area contributed by atoms with Crippen LogP contribution in [0.3, 0.4) is 0 Å². The first-order valence-corrected chi connectivity index (χ1v) is 9.13. The molecule has 0 aromatic heterocycles. The maximum absolute atomic E-state index is 11.8. The summed E-state index contributed by atoms with van der Waals surface area (Å²) in [5.41, 5.74) is 2.20. The van der Waals surface area contributed by atoms with E-state index in [1.54, 1.807) is 0 Å². The number of benzene rings is 1. The van der Waals surface area contributed by atoms with Crippen molar-refractivity contribution in [3.8, 4) is 0 Å². The number of guanidine groups is 1. The predicted octanol–water partition coefficient (Wildman–Crippen LogP) is 2.81. The van der Waals surface area contributed by atoms with E-state index in [0.29, 0.717) is 12.5 Å². The third-order valence-electron chi connectivity index (χ3n) is 4.95. The van der Waals surface area contributed by atoms with Crippen LogP contribution in [0.15, 0.2) is 29.3 Å². The van der Waals surface area contributed by atoms with Gasteiger partial charge < -0.3 is 15.5 Å². The zero-order valence-electron chi connectivity index (χ0n) is 14.6. The van der Waals surface area contributed by atoms with Gasteiger partial charge in [0.1, 0.15) is 0 Å². The fourth-order valence-corrected chi connectivity index (χ4v) is 3.54. The largest absolute Gasteiger partial charge is 0.354 e. The fraction of sp³-hybridized carbons (Fsp3) is 0.579. The summed E-state index contributed by atoms with van der Waals surface area (Å²) in [5, 5.41) is 6.91. The Morgan fingerprint density at radius 2 is 1.92 bits per heavy atom. The molecule has 2 N–H and O–H groups in total. The van der Waals surface area contributed by atoms with E-state index >= 15 is 0 Å². The quantitative estimate of drug-likeness (QED) is 0.660. The Morgan fingerprint density at radius 3 is 2.54 bits per heavy atom. The number of aliphatic imine (C=N–C) groups is 1. The molecule has 3 rings (SSSR count). The lowest BCUT2D eigenvalue weighted by atomic mass is 9.96. The van der Waals surface area contributed by atoms with E-state index in [4.69, 9.17) is 0 Å². The van der Waals surface area contributed by atoms with Gasteiger partial charge in [-0.1, -0.05) is 31.4 Å². The van der Waals surface area contributed by atoms with Crippen molar-refractivity contribution in [1.29, 1.82) is 0 Å². The van der Waals surface area contributed by atoms with Gasteiger partial charge in [0.2, 0.25) is 5.91 Å². The van der Waals surface area contributed by atoms with E-state index in [0.717, 1.165) is 31.2 Å². The molecule has 0 unspecified atom stereocenters. The van der Waals surface area contributed by atoms with Crippen LogP contribution in [0.5, 0.6) is 0 Å². The molecule has 0 atom stereocenters. The molecule has 0 radical (unpaired) electrons. The number of hydrogen-bond acceptors (Lipinski definition) is 2. The van der Waals surface area contributed by atoms with Gasteiger partial charge in [0.15, 0.2) is 5.96 Å². The van der Waals surface area contributed by atoms with Crippen LogP contribution >= 0.6 is 0 Å². The number of nitrogens with one attached hydrogen (secondary N) is 2. The van der Waals surface area contributed by atoms with Crippen molar-refractivity contribution in [3.05, 3.63) is 29.8 Å². The van der Waals surface area contributed by atoms with Gasteiger partial charge in [-0.25, -0.2) is 0 Å². The summed E-state index contributed by atoms with van der Waals surface area (Å²) in [7, 11) is 1.82. The Hall–Kier alpha value is -2.04. The van der Waals surface area contributed by atoms with Crippen LogP contribution < -0.4 is 15.5 Å². The standard InChI is InChI=1S/C19H28N4O/c1-20-19(22-16-6-3-2-4-7-16)21-14-15-9-11-17(12-10-15)23-13-5-8-18(23)24/h9-12,16H,2-8,13-14H2,1H3,(H2,20,21,22). The zero-order valence-corrected chi connectivity index (χ0v) is 14.6. The van der Waals surface area contributed by atoms with E-state index in [9.17, 15) is 4.79 Å². The topological polar surface area (TPSA) is 56.7 Å². The van der Waals surface area contributed by atoms with E-state index in [1.165, 1.54) is 37.7 Å². The van der Waals surface area contributed by atoms with Crippen LogP contribution in [0.4, 0.5) is 5.69 Å². The summed E-state index contributed by atoms with van der Waals surface area (Å²) in [6, 6.07) is 8.80. The second-order valence-electron chi connectivity index (χ2n) is 6.72. The van der Waals surface area contributed by atoms with E-state index < -0.39 is 0 Å². The van der Waals surface area contributed by atoms with Crippen molar-refractivity contribution in [2.75, 3.05) is 18.5 Å². The molecule has 1 saturated carbocycles. The van der Waals surface area contributed by atoms with Crippen LogP contribution in [0.2, 0.25) is 0 Å². The number of hydrogen-bond donors (Lipinski definition) is 2. The first kappa shape index (κ1) is 16.8. The van der Waals surface area contributed by atoms with E-state index in [2.05, 4.69) is 27.8 Å². The highest BCUT2D eigenvalue weighted by atomic mass is 16.2. The average molecular weight is 328 g/mol. The highest BCUT2D eigenvalue weighted by Gasteiger charge is 2.21. The molecular weight excluding hydrogens is 300 g/mol. The first-order chi connectivity index (χ1) is 11.8. The average Bonchev–Trinajstić information content (AvgIpc) is 3.06. The maximum Gasteiger partial charge on any atom is 0.227 e. The molecule has 1 aromatic rings. The highest BCUT2D eigenvalue weighted by Crippen LogP contribution is 2.21. The van der Waals surface area contributed by atoms with Crippen molar-refractivity contribution >= 4 is 17.6 Å². The van der Waals surface area contributed by atoms with Gasteiger partial charge in [0.25, 0.3) is 0 Å². The summed E-state index contributed by atoms with van der Waals surface area (Å²) in [6.45, 7) is 1.58. The second-order valence-corrected chi connectivity index (χ2v) is 6.72. The normalized spacial score (nSPS) is 19.6. The summed E-state index contributed by atoms with van der Waals surface area (Å²) < 4.78 is 0. The third-order valence-corrected chi connectivity index (χ3v) is 4.95. The molecule has 1 aromatic carbocycles. The van der Waals surface area contributed by atoms with Crippen molar-refractivity contribution in [1.82, 2.24) is 10.6 Å². The van der Waals surface area contributed by atoms with Gasteiger partial charge in [0.05, 0.1) is 0 Å². The van der Waals surface area contributed by atoms with Crippen molar-refractivity contribution < 1.29 is 4.79 Å². The lowest BCUT2D eigenvalue weighted by Gasteiger charge is -2.25. The van der Waals surface area contributed by atoms with Crippen LogP contribution in [0.25, 0.3) is 0 Å². The second kappa shape index (κ2) is 8.18. The minimum atomic E-state index is 0.234. The minimum absolute atomic E-state index is 0.234. The van der Waals surface area contributed by atoms with Crippen molar-refractivity contribution in [3.63, 3.8) is 0 Å². The van der Waals surface area contributed by atoms with Crippen molar-refractivity contribution in [2.24, 2.45) is 4.99 Å². The number of amides is 1. The number of carbonyl (C=O) groups is 1. The summed E-state index contributed by atoms with van der Waals surface area (Å²) >= 11 is 0. The van der Waals surface area contributed by atoms with Gasteiger partial charge in [-0.2, -0.15) is 0 Å². The monoisotopic (exact) mass is 328 g/mol. The third kappa shape index (κ3) is 4.28. The lowest BCUT2D eigenvalue weighted by molar-refractivity contribution is -0.117. The molecule has 0 bridgehead atoms. The van der Waals surface area contributed by atoms with Crippen LogP contribution in [-0.4, -0.2) is 31.5 Å². The van der Waals surface area contributed by atoms with E-state index in [-0.39, 0.29) is 5.91 Å². The van der Waals surface area contributed by atoms with Gasteiger partial charge in [-0.05, 0) is 37.0 Å². The highest BCUT2D eigenvalue weighted by molar-refractivity contribution is 5.95. The molecule has 0 spiro atoms. The molecule has 2 aliphatic rings. The van der Waals surface area contributed by atoms with Gasteiger partial charge >= 0.3 is 0 Å². The fourth-order valence-electron chi connectivity index (χ4n) is 3.54. The molecule has 130 valence electrons. The first-order valence-electron chi connectivity index (χ1n) is 9.13. The lowest BCUT2D eigenvalue weighted by Crippen LogP contribution is -2.43. The Labute approximate surface area is 144 Å². The van der Waals surface area contributed by atoms with E-state index in [1.807, 2.05) is 24.1 Å². The molecule has 1 aliphatic carbocycles. The Balaban J connectivity index is 1.50. The molecule has 1 heterocycles. The number of carbonyl (C=O) groups excluding carboxylic acids is 1. The number of nitrogens with zero attached hydrogens (tertiary/aromatic N) is 2. The number of rotatable bonds is 4. The molecule has 24 heavy (non-hydrogen) atoms. The van der Waals surface area contributed by atoms with Crippen LogP contribution in [0.1, 0.15) is 50.5 Å². The molecule has 1 aliphatic heterocycles. The van der Waals surface area contributed by atoms with Gasteiger partial charge in [-0.3, -0.25) is 9.79 Å². The van der Waals surface area contributed by atoms with Gasteiger partial charge in [0, 0.05) is 38.3 Å². The molecule has 1 saturated heterocycles. The van der Waals surface area contributed by atoms with Crippen LogP contribution in [-0.2, 0) is 11.3 Å². The zero-order chi connectivity index (χ0) is 16.8. The molecule has 5 heteroatoms. The Morgan fingerprint density at radius 1 is 1.17 bits per heavy atom. The molecule has 2 fully saturated rings. The molecule has 5 nitrogen and oxygen atoms in total. The minimum Gasteiger partial charge on any atom is -0.354 e.